The Hall–Kier alpha value is -1.80. The van der Waals surface area contributed by atoms with Gasteiger partial charge in [0.05, 0.1) is 0 Å². The second-order valence-corrected chi connectivity index (χ2v) is 5.52. The van der Waals surface area contributed by atoms with E-state index in [1.165, 1.54) is 11.1 Å². The molecule has 1 aromatic heterocycles. The number of benzene rings is 2. The van der Waals surface area contributed by atoms with Crippen molar-refractivity contribution in [3.63, 3.8) is 0 Å². The van der Waals surface area contributed by atoms with Gasteiger partial charge in [0, 0.05) is 15.2 Å². The van der Waals surface area contributed by atoms with Gasteiger partial charge in [-0.2, -0.15) is 0 Å². The summed E-state index contributed by atoms with van der Waals surface area (Å²) in [5, 5.41) is 2.29. The van der Waals surface area contributed by atoms with E-state index in [4.69, 9.17) is 4.42 Å². The highest BCUT2D eigenvalue weighted by Crippen LogP contribution is 2.35. The molecule has 0 radical (unpaired) electrons. The molecule has 1 nitrogen and oxygen atoms in total. The van der Waals surface area contributed by atoms with Gasteiger partial charge < -0.3 is 4.42 Å². The van der Waals surface area contributed by atoms with Gasteiger partial charge in [-0.15, -0.1) is 0 Å². The Balaban J connectivity index is 2.27. The van der Waals surface area contributed by atoms with Crippen molar-refractivity contribution in [3.05, 3.63) is 64.7 Å². The zero-order valence-corrected chi connectivity index (χ0v) is 13.1. The molecule has 0 aliphatic rings. The molecule has 0 aliphatic heterocycles. The lowest BCUT2D eigenvalue weighted by Crippen LogP contribution is -1.80. The number of rotatable bonds is 2. The zero-order valence-electron chi connectivity index (χ0n) is 11.5. The molecule has 2 aromatic carbocycles. The average molecular weight is 327 g/mol. The van der Waals surface area contributed by atoms with Crippen molar-refractivity contribution in [3.8, 4) is 0 Å². The standard InChI is InChI=1S/C18H15BrO/c1-3-6-12(4-2)13-9-10-14-17(11-13)20-16-8-5-7-15(19)18(14)16/h3-11H,1-2H3/b6-3-,12-4+. The van der Waals surface area contributed by atoms with E-state index in [1.807, 2.05) is 25.1 Å². The zero-order chi connectivity index (χ0) is 14.1. The van der Waals surface area contributed by atoms with Crippen LogP contribution in [0.2, 0.25) is 0 Å². The van der Waals surface area contributed by atoms with Gasteiger partial charge in [-0.25, -0.2) is 0 Å². The average Bonchev–Trinajstić information content (AvgIpc) is 2.83. The van der Waals surface area contributed by atoms with E-state index in [2.05, 4.69) is 59.3 Å². The minimum atomic E-state index is 0.916. The Morgan fingerprint density at radius 1 is 1.10 bits per heavy atom. The summed E-state index contributed by atoms with van der Waals surface area (Å²) in [5.41, 5.74) is 4.22. The molecule has 0 saturated heterocycles. The lowest BCUT2D eigenvalue weighted by atomic mass is 10.0. The third kappa shape index (κ3) is 2.10. The summed E-state index contributed by atoms with van der Waals surface area (Å²) in [5.74, 6) is 0. The first-order chi connectivity index (χ1) is 9.74. The van der Waals surface area contributed by atoms with E-state index in [0.717, 1.165) is 26.4 Å². The molecular weight excluding hydrogens is 312 g/mol. The highest BCUT2D eigenvalue weighted by atomic mass is 79.9. The van der Waals surface area contributed by atoms with Crippen molar-refractivity contribution >= 4 is 43.4 Å². The minimum absolute atomic E-state index is 0.916. The SMILES string of the molecule is C/C=C\C(=C/C)c1ccc2c(c1)oc1cccc(Br)c12. The molecule has 0 spiro atoms. The van der Waals surface area contributed by atoms with Crippen LogP contribution in [0.5, 0.6) is 0 Å². The quantitative estimate of drug-likeness (QED) is 0.501. The molecule has 0 fully saturated rings. The Morgan fingerprint density at radius 3 is 2.70 bits per heavy atom. The molecule has 0 aliphatic carbocycles. The van der Waals surface area contributed by atoms with Gasteiger partial charge in [-0.3, -0.25) is 0 Å². The van der Waals surface area contributed by atoms with Crippen LogP contribution in [-0.4, -0.2) is 0 Å². The smallest absolute Gasteiger partial charge is 0.136 e. The number of halogens is 1. The van der Waals surface area contributed by atoms with Gasteiger partial charge in [-0.05, 0) is 49.2 Å². The van der Waals surface area contributed by atoms with Crippen molar-refractivity contribution in [1.82, 2.24) is 0 Å². The summed E-state index contributed by atoms with van der Waals surface area (Å²) in [6.07, 6.45) is 6.27. The maximum absolute atomic E-state index is 5.97. The minimum Gasteiger partial charge on any atom is -0.456 e. The van der Waals surface area contributed by atoms with E-state index in [9.17, 15) is 0 Å². The van der Waals surface area contributed by atoms with Crippen LogP contribution in [0.1, 0.15) is 19.4 Å². The molecule has 2 heteroatoms. The summed E-state index contributed by atoms with van der Waals surface area (Å²) in [7, 11) is 0. The fraction of sp³-hybridized carbons (Fsp3) is 0.111. The normalized spacial score (nSPS) is 12.8. The second kappa shape index (κ2) is 5.29. The Labute approximate surface area is 126 Å². The third-order valence-corrected chi connectivity index (χ3v) is 4.10. The number of furan rings is 1. The van der Waals surface area contributed by atoms with Crippen molar-refractivity contribution in [2.24, 2.45) is 0 Å². The highest BCUT2D eigenvalue weighted by molar-refractivity contribution is 9.10. The molecule has 0 N–H and O–H groups in total. The molecule has 3 rings (SSSR count). The van der Waals surface area contributed by atoms with Crippen molar-refractivity contribution < 1.29 is 4.42 Å². The molecule has 0 amide bonds. The van der Waals surface area contributed by atoms with Crippen LogP contribution < -0.4 is 0 Å². The predicted octanol–water partition coefficient (Wildman–Crippen LogP) is 6.33. The molecule has 100 valence electrons. The Kier molecular flexibility index (Phi) is 3.49. The van der Waals surface area contributed by atoms with Gasteiger partial charge in [0.1, 0.15) is 11.2 Å². The number of fused-ring (bicyclic) bond motifs is 3. The largest absolute Gasteiger partial charge is 0.456 e. The first-order valence-corrected chi connectivity index (χ1v) is 7.44. The van der Waals surface area contributed by atoms with Crippen molar-refractivity contribution in [2.75, 3.05) is 0 Å². The van der Waals surface area contributed by atoms with Gasteiger partial charge in [0.15, 0.2) is 0 Å². The maximum atomic E-state index is 5.97. The van der Waals surface area contributed by atoms with E-state index in [-0.39, 0.29) is 0 Å². The Morgan fingerprint density at radius 2 is 1.95 bits per heavy atom. The van der Waals surface area contributed by atoms with E-state index in [1.54, 1.807) is 0 Å². The van der Waals surface area contributed by atoms with Crippen molar-refractivity contribution in [2.45, 2.75) is 13.8 Å². The third-order valence-electron chi connectivity index (χ3n) is 3.44. The van der Waals surface area contributed by atoms with Crippen LogP contribution in [0.4, 0.5) is 0 Å². The number of hydrogen-bond acceptors (Lipinski definition) is 1. The number of hydrogen-bond donors (Lipinski definition) is 0. The van der Waals surface area contributed by atoms with Crippen LogP contribution in [0.25, 0.3) is 27.5 Å². The Bertz CT molecular complexity index is 837. The summed E-state index contributed by atoms with van der Waals surface area (Å²) >= 11 is 3.60. The van der Waals surface area contributed by atoms with E-state index < -0.39 is 0 Å². The summed E-state index contributed by atoms with van der Waals surface area (Å²) < 4.78 is 7.04. The van der Waals surface area contributed by atoms with Gasteiger partial charge in [0.2, 0.25) is 0 Å². The predicted molar refractivity (Wildman–Crippen MR) is 89.9 cm³/mol. The van der Waals surface area contributed by atoms with Crippen LogP contribution in [0, 0.1) is 0 Å². The fourth-order valence-corrected chi connectivity index (χ4v) is 3.06. The van der Waals surface area contributed by atoms with E-state index >= 15 is 0 Å². The van der Waals surface area contributed by atoms with Crippen molar-refractivity contribution in [1.29, 1.82) is 0 Å². The first-order valence-electron chi connectivity index (χ1n) is 6.64. The molecule has 0 unspecified atom stereocenters. The van der Waals surface area contributed by atoms with E-state index in [0.29, 0.717) is 0 Å². The molecule has 3 aromatic rings. The van der Waals surface area contributed by atoms with Crippen LogP contribution in [0.3, 0.4) is 0 Å². The monoisotopic (exact) mass is 326 g/mol. The highest BCUT2D eigenvalue weighted by Gasteiger charge is 2.10. The molecule has 0 saturated carbocycles. The summed E-state index contributed by atoms with van der Waals surface area (Å²) in [6, 6.07) is 12.4. The van der Waals surface area contributed by atoms with Gasteiger partial charge >= 0.3 is 0 Å². The van der Waals surface area contributed by atoms with Crippen LogP contribution in [0.15, 0.2) is 63.5 Å². The maximum Gasteiger partial charge on any atom is 0.136 e. The van der Waals surface area contributed by atoms with Crippen LogP contribution >= 0.6 is 15.9 Å². The second-order valence-electron chi connectivity index (χ2n) is 4.67. The molecule has 1 heterocycles. The first kappa shape index (κ1) is 13.2. The lowest BCUT2D eigenvalue weighted by molar-refractivity contribution is 0.668. The van der Waals surface area contributed by atoms with Crippen LogP contribution in [-0.2, 0) is 0 Å². The van der Waals surface area contributed by atoms with Gasteiger partial charge in [-0.1, -0.05) is 46.3 Å². The summed E-state index contributed by atoms with van der Waals surface area (Å²) in [6.45, 7) is 4.08. The molecule has 20 heavy (non-hydrogen) atoms. The molecule has 0 atom stereocenters. The topological polar surface area (TPSA) is 13.1 Å². The fourth-order valence-electron chi connectivity index (χ4n) is 2.50. The molecule has 0 bridgehead atoms. The lowest BCUT2D eigenvalue weighted by Gasteiger charge is -2.01. The van der Waals surface area contributed by atoms with Gasteiger partial charge in [0.25, 0.3) is 0 Å². The number of allylic oxidation sites excluding steroid dienone is 4. The summed E-state index contributed by atoms with van der Waals surface area (Å²) in [4.78, 5) is 0. The molecular formula is C18H15BrO.